The van der Waals surface area contributed by atoms with Crippen LogP contribution in [0, 0.1) is 0 Å². The number of halogens is 3. The van der Waals surface area contributed by atoms with E-state index in [0.717, 1.165) is 54.8 Å². The molecule has 5 rings (SSSR count). The van der Waals surface area contributed by atoms with Gasteiger partial charge in [0.15, 0.2) is 0 Å². The summed E-state index contributed by atoms with van der Waals surface area (Å²) in [6.45, 7) is 4.39. The summed E-state index contributed by atoms with van der Waals surface area (Å²) in [4.78, 5) is 21.9. The van der Waals surface area contributed by atoms with Gasteiger partial charge in [0, 0.05) is 37.1 Å². The average molecular weight is 495 g/mol. The molecule has 0 atom stereocenters. The standard InChI is InChI=1S/C28H29F3N4O/c29-28(30,31)22-6-3-5-20(18-22)17-21-9-11-32-26(19-21)35-15-10-23-24(7-4-8-25(23)35)27(36)33-12-16-34-13-1-2-14-34/h3-9,11,18-19H,1-2,10,12-17H2,(H,33,36). The molecule has 3 heterocycles. The second-order valence-electron chi connectivity index (χ2n) is 9.41. The fraction of sp³-hybridized carbons (Fsp3) is 0.357. The number of carbonyl (C=O) groups excluding carboxylic acids is 1. The number of alkyl halides is 3. The molecule has 2 aliphatic heterocycles. The third kappa shape index (κ3) is 5.38. The van der Waals surface area contributed by atoms with Crippen LogP contribution in [0.4, 0.5) is 24.7 Å². The van der Waals surface area contributed by atoms with Crippen molar-refractivity contribution in [1.82, 2.24) is 15.2 Å². The van der Waals surface area contributed by atoms with E-state index in [4.69, 9.17) is 0 Å². The zero-order valence-electron chi connectivity index (χ0n) is 20.0. The first-order valence-corrected chi connectivity index (χ1v) is 12.4. The van der Waals surface area contributed by atoms with E-state index in [-0.39, 0.29) is 5.91 Å². The Balaban J connectivity index is 1.30. The van der Waals surface area contributed by atoms with Gasteiger partial charge in [-0.3, -0.25) is 4.79 Å². The Labute approximate surface area is 208 Å². The van der Waals surface area contributed by atoms with E-state index in [2.05, 4.69) is 20.1 Å². The van der Waals surface area contributed by atoms with E-state index in [9.17, 15) is 18.0 Å². The fourth-order valence-electron chi connectivity index (χ4n) is 5.13. The van der Waals surface area contributed by atoms with Crippen LogP contribution in [0.15, 0.2) is 60.8 Å². The SMILES string of the molecule is O=C(NCCN1CCCC1)c1cccc2c1CCN2c1cc(Cc2cccc(C(F)(F)F)c2)ccn1. The lowest BCUT2D eigenvalue weighted by atomic mass is 10.0. The topological polar surface area (TPSA) is 48.5 Å². The molecule has 0 saturated carbocycles. The molecule has 3 aromatic rings. The smallest absolute Gasteiger partial charge is 0.351 e. The lowest BCUT2D eigenvalue weighted by Crippen LogP contribution is -2.33. The molecule has 0 aliphatic carbocycles. The molecule has 1 aromatic heterocycles. The molecule has 0 unspecified atom stereocenters. The highest BCUT2D eigenvalue weighted by atomic mass is 19.4. The molecule has 5 nitrogen and oxygen atoms in total. The van der Waals surface area contributed by atoms with Gasteiger partial charge in [-0.2, -0.15) is 13.2 Å². The lowest BCUT2D eigenvalue weighted by Gasteiger charge is -2.20. The number of hydrogen-bond acceptors (Lipinski definition) is 4. The number of nitrogens with zero attached hydrogens (tertiary/aromatic N) is 3. The zero-order valence-corrected chi connectivity index (χ0v) is 20.0. The summed E-state index contributed by atoms with van der Waals surface area (Å²) in [6, 6.07) is 14.9. The van der Waals surface area contributed by atoms with Crippen LogP contribution in [0.2, 0.25) is 0 Å². The maximum Gasteiger partial charge on any atom is 0.416 e. The van der Waals surface area contributed by atoms with Crippen LogP contribution in [0.1, 0.15) is 45.5 Å². The summed E-state index contributed by atoms with van der Waals surface area (Å²) in [5, 5.41) is 3.07. The van der Waals surface area contributed by atoms with E-state index in [1.54, 1.807) is 12.3 Å². The van der Waals surface area contributed by atoms with Gasteiger partial charge >= 0.3 is 6.18 Å². The molecule has 8 heteroatoms. The number of nitrogens with one attached hydrogen (secondary N) is 1. The molecule has 2 aliphatic rings. The molecule has 1 N–H and O–H groups in total. The van der Waals surface area contributed by atoms with Crippen LogP contribution in [0.25, 0.3) is 0 Å². The summed E-state index contributed by atoms with van der Waals surface area (Å²) >= 11 is 0. The van der Waals surface area contributed by atoms with E-state index >= 15 is 0 Å². The first kappa shape index (κ1) is 24.3. The Morgan fingerprint density at radius 2 is 1.75 bits per heavy atom. The van der Waals surface area contributed by atoms with Crippen molar-refractivity contribution in [2.75, 3.05) is 37.6 Å². The molecular formula is C28H29F3N4O. The number of rotatable bonds is 7. The number of pyridine rings is 1. The second-order valence-corrected chi connectivity index (χ2v) is 9.41. The minimum atomic E-state index is -4.36. The number of likely N-dealkylation sites (tertiary alicyclic amines) is 1. The van der Waals surface area contributed by atoms with E-state index in [0.29, 0.717) is 30.6 Å². The van der Waals surface area contributed by atoms with Crippen LogP contribution in [0.5, 0.6) is 0 Å². The molecule has 0 spiro atoms. The predicted octanol–water partition coefficient (Wildman–Crippen LogP) is 5.21. The largest absolute Gasteiger partial charge is 0.416 e. The van der Waals surface area contributed by atoms with E-state index in [1.165, 1.54) is 25.0 Å². The lowest BCUT2D eigenvalue weighted by molar-refractivity contribution is -0.137. The Kier molecular flexibility index (Phi) is 6.96. The van der Waals surface area contributed by atoms with Gasteiger partial charge in [0.05, 0.1) is 5.56 Å². The summed E-state index contributed by atoms with van der Waals surface area (Å²) in [5.74, 6) is 0.670. The van der Waals surface area contributed by atoms with Crippen LogP contribution in [0.3, 0.4) is 0 Å². The Morgan fingerprint density at radius 3 is 2.56 bits per heavy atom. The van der Waals surface area contributed by atoms with Gasteiger partial charge in [-0.05, 0) is 85.8 Å². The van der Waals surface area contributed by atoms with Gasteiger partial charge in [0.1, 0.15) is 5.82 Å². The van der Waals surface area contributed by atoms with Gasteiger partial charge < -0.3 is 15.1 Å². The van der Waals surface area contributed by atoms with Crippen molar-refractivity contribution < 1.29 is 18.0 Å². The third-order valence-corrected chi connectivity index (χ3v) is 6.93. The van der Waals surface area contributed by atoms with Gasteiger partial charge in [-0.15, -0.1) is 0 Å². The molecule has 0 bridgehead atoms. The quantitative estimate of drug-likeness (QED) is 0.490. The maximum absolute atomic E-state index is 13.1. The number of carbonyl (C=O) groups is 1. The number of anilines is 2. The number of amides is 1. The predicted molar refractivity (Wildman–Crippen MR) is 134 cm³/mol. The monoisotopic (exact) mass is 494 g/mol. The van der Waals surface area contributed by atoms with Crippen molar-refractivity contribution >= 4 is 17.4 Å². The molecule has 0 radical (unpaired) electrons. The van der Waals surface area contributed by atoms with Gasteiger partial charge in [-0.25, -0.2) is 4.98 Å². The summed E-state index contributed by atoms with van der Waals surface area (Å²) in [7, 11) is 0. The molecule has 2 aromatic carbocycles. The van der Waals surface area contributed by atoms with Crippen molar-refractivity contribution in [1.29, 1.82) is 0 Å². The molecule has 36 heavy (non-hydrogen) atoms. The summed E-state index contributed by atoms with van der Waals surface area (Å²) < 4.78 is 39.3. The van der Waals surface area contributed by atoms with Crippen LogP contribution >= 0.6 is 0 Å². The number of benzene rings is 2. The normalized spacial score (nSPS) is 15.8. The van der Waals surface area contributed by atoms with Crippen molar-refractivity contribution in [3.63, 3.8) is 0 Å². The van der Waals surface area contributed by atoms with Crippen molar-refractivity contribution in [3.05, 3.63) is 88.6 Å². The minimum absolute atomic E-state index is 0.0563. The van der Waals surface area contributed by atoms with Gasteiger partial charge in [-0.1, -0.05) is 24.3 Å². The van der Waals surface area contributed by atoms with Crippen LogP contribution in [-0.2, 0) is 19.0 Å². The first-order valence-electron chi connectivity index (χ1n) is 12.4. The summed E-state index contributed by atoms with van der Waals surface area (Å²) in [6.07, 6.45) is 0.878. The number of fused-ring (bicyclic) bond motifs is 1. The van der Waals surface area contributed by atoms with Gasteiger partial charge in [0.25, 0.3) is 5.91 Å². The maximum atomic E-state index is 13.1. The highest BCUT2D eigenvalue weighted by Gasteiger charge is 2.30. The fourth-order valence-corrected chi connectivity index (χ4v) is 5.13. The highest BCUT2D eigenvalue weighted by Crippen LogP contribution is 2.36. The Bertz CT molecular complexity index is 1240. The minimum Gasteiger partial charge on any atom is -0.351 e. The van der Waals surface area contributed by atoms with Crippen LogP contribution < -0.4 is 10.2 Å². The van der Waals surface area contributed by atoms with E-state index in [1.807, 2.05) is 30.3 Å². The Hall–Kier alpha value is -3.39. The van der Waals surface area contributed by atoms with Gasteiger partial charge in [0.2, 0.25) is 0 Å². The molecular weight excluding hydrogens is 465 g/mol. The highest BCUT2D eigenvalue weighted by molar-refractivity contribution is 5.98. The molecule has 1 saturated heterocycles. The second kappa shape index (κ2) is 10.3. The molecule has 1 fully saturated rings. The average Bonchev–Trinajstić information content (AvgIpc) is 3.54. The molecule has 188 valence electrons. The van der Waals surface area contributed by atoms with Crippen molar-refractivity contribution in [2.24, 2.45) is 0 Å². The Morgan fingerprint density at radius 1 is 0.972 bits per heavy atom. The third-order valence-electron chi connectivity index (χ3n) is 6.93. The number of aromatic nitrogens is 1. The molecule has 1 amide bonds. The van der Waals surface area contributed by atoms with Crippen LogP contribution in [-0.4, -0.2) is 48.5 Å². The zero-order chi connectivity index (χ0) is 25.1. The number of hydrogen-bond donors (Lipinski definition) is 1. The van der Waals surface area contributed by atoms with Crippen molar-refractivity contribution in [2.45, 2.75) is 31.9 Å². The van der Waals surface area contributed by atoms with Crippen molar-refractivity contribution in [3.8, 4) is 0 Å². The first-order chi connectivity index (χ1) is 17.4. The van der Waals surface area contributed by atoms with E-state index < -0.39 is 11.7 Å². The summed E-state index contributed by atoms with van der Waals surface area (Å²) in [5.41, 5.74) is 3.47.